The zero-order chi connectivity index (χ0) is 23.4. The van der Waals surface area contributed by atoms with Gasteiger partial charge in [-0.3, -0.25) is 19.4 Å². The molecule has 2 aliphatic rings. The maximum atomic E-state index is 13.4. The van der Waals surface area contributed by atoms with Gasteiger partial charge in [-0.05, 0) is 43.4 Å². The second kappa shape index (κ2) is 9.73. The molecule has 3 amide bonds. The van der Waals surface area contributed by atoms with Crippen LogP contribution in [0.2, 0.25) is 0 Å². The van der Waals surface area contributed by atoms with Gasteiger partial charge in [0.25, 0.3) is 0 Å². The van der Waals surface area contributed by atoms with E-state index in [1.165, 1.54) is 0 Å². The van der Waals surface area contributed by atoms with E-state index in [1.807, 2.05) is 42.3 Å². The van der Waals surface area contributed by atoms with Gasteiger partial charge >= 0.3 is 0 Å². The average Bonchev–Trinajstić information content (AvgIpc) is 3.18. The van der Waals surface area contributed by atoms with E-state index >= 15 is 0 Å². The first-order valence-electron chi connectivity index (χ1n) is 11.7. The Labute approximate surface area is 195 Å². The third-order valence-corrected chi connectivity index (χ3v) is 6.92. The zero-order valence-electron chi connectivity index (χ0n) is 19.4. The SMILES string of the molecule is CCNC(=O)[C@@]1(Cc2ccccc2-c2cccnc2)CCCN(C(=O)[C@@H]2CC(=O)N(C)C2)C1. The largest absolute Gasteiger partial charge is 0.356 e. The second-order valence-electron chi connectivity index (χ2n) is 9.25. The lowest BCUT2D eigenvalue weighted by Gasteiger charge is -2.42. The molecule has 7 nitrogen and oxygen atoms in total. The molecule has 0 unspecified atom stereocenters. The van der Waals surface area contributed by atoms with E-state index < -0.39 is 5.41 Å². The molecule has 1 N–H and O–H groups in total. The molecular weight excluding hydrogens is 416 g/mol. The van der Waals surface area contributed by atoms with Crippen LogP contribution in [-0.4, -0.2) is 65.7 Å². The minimum atomic E-state index is -0.712. The van der Waals surface area contributed by atoms with Gasteiger partial charge in [0.1, 0.15) is 0 Å². The predicted molar refractivity (Wildman–Crippen MR) is 126 cm³/mol. The van der Waals surface area contributed by atoms with Crippen LogP contribution in [0.1, 0.15) is 31.7 Å². The summed E-state index contributed by atoms with van der Waals surface area (Å²) >= 11 is 0. The fourth-order valence-electron chi connectivity index (χ4n) is 5.21. The molecule has 33 heavy (non-hydrogen) atoms. The van der Waals surface area contributed by atoms with E-state index in [2.05, 4.69) is 22.4 Å². The summed E-state index contributed by atoms with van der Waals surface area (Å²) in [6.07, 6.45) is 5.85. The maximum absolute atomic E-state index is 13.4. The summed E-state index contributed by atoms with van der Waals surface area (Å²) in [5, 5.41) is 3.03. The van der Waals surface area contributed by atoms with Crippen molar-refractivity contribution in [3.05, 3.63) is 54.4 Å². The summed E-state index contributed by atoms with van der Waals surface area (Å²) < 4.78 is 0. The number of hydrogen-bond acceptors (Lipinski definition) is 4. The highest BCUT2D eigenvalue weighted by molar-refractivity contribution is 5.90. The monoisotopic (exact) mass is 448 g/mol. The molecule has 2 aromatic rings. The number of amides is 3. The minimum absolute atomic E-state index is 0.00532. The Morgan fingerprint density at radius 2 is 2.03 bits per heavy atom. The molecule has 0 aliphatic carbocycles. The van der Waals surface area contributed by atoms with Gasteiger partial charge in [0, 0.05) is 57.6 Å². The third kappa shape index (κ3) is 4.77. The number of likely N-dealkylation sites (tertiary alicyclic amines) is 2. The number of carbonyl (C=O) groups is 3. The predicted octanol–water partition coefficient (Wildman–Crippen LogP) is 2.51. The van der Waals surface area contributed by atoms with Gasteiger partial charge < -0.3 is 15.1 Å². The van der Waals surface area contributed by atoms with Crippen LogP contribution in [0.4, 0.5) is 0 Å². The van der Waals surface area contributed by atoms with Gasteiger partial charge in [0.05, 0.1) is 11.3 Å². The minimum Gasteiger partial charge on any atom is -0.356 e. The van der Waals surface area contributed by atoms with Crippen molar-refractivity contribution < 1.29 is 14.4 Å². The van der Waals surface area contributed by atoms with Gasteiger partial charge in [-0.1, -0.05) is 30.3 Å². The van der Waals surface area contributed by atoms with Crippen LogP contribution in [0.25, 0.3) is 11.1 Å². The number of benzene rings is 1. The summed E-state index contributed by atoms with van der Waals surface area (Å²) in [6.45, 7) is 3.90. The molecular formula is C26H32N4O3. The van der Waals surface area contributed by atoms with E-state index in [9.17, 15) is 14.4 Å². The van der Waals surface area contributed by atoms with Crippen LogP contribution in [0, 0.1) is 11.3 Å². The highest BCUT2D eigenvalue weighted by Gasteiger charge is 2.45. The van der Waals surface area contributed by atoms with Crippen molar-refractivity contribution in [1.82, 2.24) is 20.1 Å². The van der Waals surface area contributed by atoms with Crippen molar-refractivity contribution in [3.63, 3.8) is 0 Å². The lowest BCUT2D eigenvalue weighted by atomic mass is 9.73. The smallest absolute Gasteiger partial charge is 0.228 e. The molecule has 0 bridgehead atoms. The molecule has 174 valence electrons. The van der Waals surface area contributed by atoms with Gasteiger partial charge in [-0.15, -0.1) is 0 Å². The highest BCUT2D eigenvalue weighted by atomic mass is 16.2. The van der Waals surface area contributed by atoms with E-state index in [4.69, 9.17) is 0 Å². The molecule has 2 atom stereocenters. The van der Waals surface area contributed by atoms with Crippen LogP contribution in [0.5, 0.6) is 0 Å². The van der Waals surface area contributed by atoms with Gasteiger partial charge in [-0.2, -0.15) is 0 Å². The van der Waals surface area contributed by atoms with Crippen molar-refractivity contribution in [1.29, 1.82) is 0 Å². The second-order valence-corrected chi connectivity index (χ2v) is 9.25. The standard InChI is InChI=1S/C26H32N4O3/c1-3-28-25(33)26(15-19-8-4-5-10-22(19)20-9-6-12-27-16-20)11-7-13-30(18-26)24(32)21-14-23(31)29(2)17-21/h4-6,8-10,12,16,21H,3,7,11,13-15,17-18H2,1-2H3,(H,28,33)/t21-,26-/m1/s1. The van der Waals surface area contributed by atoms with Crippen LogP contribution in [0.15, 0.2) is 48.8 Å². The molecule has 1 aromatic heterocycles. The molecule has 1 aromatic carbocycles. The van der Waals surface area contributed by atoms with E-state index in [1.54, 1.807) is 18.1 Å². The number of carbonyl (C=O) groups excluding carboxylic acids is 3. The van der Waals surface area contributed by atoms with Crippen LogP contribution >= 0.6 is 0 Å². The Kier molecular flexibility index (Phi) is 6.77. The van der Waals surface area contributed by atoms with Gasteiger partial charge in [-0.25, -0.2) is 0 Å². The fraction of sp³-hybridized carbons (Fsp3) is 0.462. The quantitative estimate of drug-likeness (QED) is 0.736. The van der Waals surface area contributed by atoms with Crippen LogP contribution < -0.4 is 5.32 Å². The molecule has 3 heterocycles. The summed E-state index contributed by atoms with van der Waals surface area (Å²) in [4.78, 5) is 46.4. The molecule has 2 saturated heterocycles. The Hall–Kier alpha value is -3.22. The van der Waals surface area contributed by atoms with Gasteiger partial charge in [0.15, 0.2) is 0 Å². The lowest BCUT2D eigenvalue weighted by molar-refractivity contribution is -0.144. The Morgan fingerprint density at radius 1 is 1.21 bits per heavy atom. The van der Waals surface area contributed by atoms with E-state index in [0.29, 0.717) is 39.0 Å². The van der Waals surface area contributed by atoms with Crippen molar-refractivity contribution in [2.75, 3.05) is 33.2 Å². The number of pyridine rings is 1. The number of hydrogen-bond donors (Lipinski definition) is 1. The lowest BCUT2D eigenvalue weighted by Crippen LogP contribution is -2.55. The topological polar surface area (TPSA) is 82.6 Å². The third-order valence-electron chi connectivity index (χ3n) is 6.92. The van der Waals surface area contributed by atoms with Crippen molar-refractivity contribution >= 4 is 17.7 Å². The van der Waals surface area contributed by atoms with Crippen molar-refractivity contribution in [3.8, 4) is 11.1 Å². The molecule has 0 spiro atoms. The highest BCUT2D eigenvalue weighted by Crippen LogP contribution is 2.38. The molecule has 0 radical (unpaired) electrons. The van der Waals surface area contributed by atoms with Crippen molar-refractivity contribution in [2.45, 2.75) is 32.6 Å². The number of nitrogens with zero attached hydrogens (tertiary/aromatic N) is 3. The molecule has 2 fully saturated rings. The molecule has 4 rings (SSSR count). The summed E-state index contributed by atoms with van der Waals surface area (Å²) in [7, 11) is 1.74. The number of aromatic nitrogens is 1. The maximum Gasteiger partial charge on any atom is 0.228 e. The molecule has 2 aliphatic heterocycles. The number of piperidine rings is 1. The Bertz CT molecular complexity index is 1030. The summed E-state index contributed by atoms with van der Waals surface area (Å²) in [6, 6.07) is 12.0. The normalized spacial score (nSPS) is 23.0. The van der Waals surface area contributed by atoms with Crippen LogP contribution in [0.3, 0.4) is 0 Å². The Balaban J connectivity index is 1.63. The number of nitrogens with one attached hydrogen (secondary N) is 1. The van der Waals surface area contributed by atoms with Crippen molar-refractivity contribution in [2.24, 2.45) is 11.3 Å². The number of rotatable bonds is 6. The molecule has 7 heteroatoms. The average molecular weight is 449 g/mol. The first-order chi connectivity index (χ1) is 15.9. The summed E-state index contributed by atoms with van der Waals surface area (Å²) in [5.74, 6) is -0.342. The van der Waals surface area contributed by atoms with E-state index in [0.717, 1.165) is 23.1 Å². The zero-order valence-corrected chi connectivity index (χ0v) is 19.4. The molecule has 0 saturated carbocycles. The first kappa shape index (κ1) is 23.0. The van der Waals surface area contributed by atoms with Crippen LogP contribution in [-0.2, 0) is 20.8 Å². The fourth-order valence-corrected chi connectivity index (χ4v) is 5.21. The summed E-state index contributed by atoms with van der Waals surface area (Å²) in [5.41, 5.74) is 2.43. The van der Waals surface area contributed by atoms with E-state index in [-0.39, 0.29) is 30.1 Å². The first-order valence-corrected chi connectivity index (χ1v) is 11.7. The Morgan fingerprint density at radius 3 is 2.73 bits per heavy atom. The van der Waals surface area contributed by atoms with Gasteiger partial charge in [0.2, 0.25) is 17.7 Å².